The van der Waals surface area contributed by atoms with Crippen molar-refractivity contribution in [3.8, 4) is 11.5 Å². The van der Waals surface area contributed by atoms with Crippen molar-refractivity contribution in [3.63, 3.8) is 0 Å². The summed E-state index contributed by atoms with van der Waals surface area (Å²) in [6.45, 7) is 0.372. The van der Waals surface area contributed by atoms with Crippen LogP contribution in [0.2, 0.25) is 0 Å². The maximum atomic E-state index is 13.2. The molecule has 0 aliphatic heterocycles. The van der Waals surface area contributed by atoms with Gasteiger partial charge in [0, 0.05) is 0 Å². The van der Waals surface area contributed by atoms with Gasteiger partial charge in [0.15, 0.2) is 10.9 Å². The highest BCUT2D eigenvalue weighted by Gasteiger charge is 2.17. The van der Waals surface area contributed by atoms with Gasteiger partial charge in [-0.25, -0.2) is 4.98 Å². The molecule has 32 heavy (non-hydrogen) atoms. The van der Waals surface area contributed by atoms with Crippen LogP contribution in [0.25, 0.3) is 10.9 Å². The van der Waals surface area contributed by atoms with Gasteiger partial charge in [-0.15, -0.1) is 0 Å². The number of rotatable bonds is 8. The lowest BCUT2D eigenvalue weighted by Crippen LogP contribution is -2.24. The van der Waals surface area contributed by atoms with Gasteiger partial charge in [-0.3, -0.25) is 14.2 Å². The largest absolute Gasteiger partial charge is 0.497 e. The van der Waals surface area contributed by atoms with E-state index < -0.39 is 0 Å². The molecule has 0 saturated carbocycles. The van der Waals surface area contributed by atoms with Crippen LogP contribution in [0.5, 0.6) is 11.5 Å². The SMILES string of the molecule is COc1ccc(OC)c(C(=O)CSc2nc3ccccc3c(=O)n2Cc2ccccc2)c1. The molecule has 0 saturated heterocycles. The summed E-state index contributed by atoms with van der Waals surface area (Å²) in [5.41, 5.74) is 1.88. The Labute approximate surface area is 189 Å². The number of carbonyl (C=O) groups is 1. The third kappa shape index (κ3) is 4.53. The molecule has 0 aliphatic rings. The second kappa shape index (κ2) is 9.70. The van der Waals surface area contributed by atoms with E-state index in [9.17, 15) is 9.59 Å². The summed E-state index contributed by atoms with van der Waals surface area (Å²) in [6, 6.07) is 22.1. The molecule has 0 unspecified atom stereocenters. The standard InChI is InChI=1S/C25H22N2O4S/c1-30-18-12-13-23(31-2)20(14-18)22(28)16-32-25-26-21-11-7-6-10-19(21)24(29)27(25)15-17-8-4-3-5-9-17/h3-14H,15-16H2,1-2H3. The topological polar surface area (TPSA) is 70.4 Å². The van der Waals surface area contributed by atoms with Crippen LogP contribution in [0, 0.1) is 0 Å². The van der Waals surface area contributed by atoms with E-state index in [2.05, 4.69) is 0 Å². The van der Waals surface area contributed by atoms with Gasteiger partial charge in [0.25, 0.3) is 5.56 Å². The number of fused-ring (bicyclic) bond motifs is 1. The van der Waals surface area contributed by atoms with Gasteiger partial charge in [0.1, 0.15) is 11.5 Å². The summed E-state index contributed by atoms with van der Waals surface area (Å²) in [5, 5.41) is 1.04. The average molecular weight is 447 g/mol. The molecule has 0 spiro atoms. The Morgan fingerprint density at radius 3 is 2.47 bits per heavy atom. The highest BCUT2D eigenvalue weighted by molar-refractivity contribution is 7.99. The highest BCUT2D eigenvalue weighted by atomic mass is 32.2. The van der Waals surface area contributed by atoms with Crippen molar-refractivity contribution in [3.05, 3.63) is 94.3 Å². The number of benzene rings is 3. The van der Waals surface area contributed by atoms with Crippen LogP contribution in [0.15, 0.2) is 82.7 Å². The second-order valence-electron chi connectivity index (χ2n) is 7.07. The maximum Gasteiger partial charge on any atom is 0.262 e. The molecule has 7 heteroatoms. The number of ether oxygens (including phenoxy) is 2. The first kappa shape index (κ1) is 21.6. The van der Waals surface area contributed by atoms with E-state index in [1.807, 2.05) is 42.5 Å². The Kier molecular flexibility index (Phi) is 6.56. The first-order valence-electron chi connectivity index (χ1n) is 10.0. The molecule has 0 amide bonds. The molecule has 4 aromatic rings. The van der Waals surface area contributed by atoms with Crippen LogP contribution in [-0.4, -0.2) is 35.3 Å². The Hall–Kier alpha value is -3.58. The highest BCUT2D eigenvalue weighted by Crippen LogP contribution is 2.27. The molecule has 6 nitrogen and oxygen atoms in total. The van der Waals surface area contributed by atoms with Gasteiger partial charge in [0.05, 0.1) is 43.0 Å². The Morgan fingerprint density at radius 2 is 1.72 bits per heavy atom. The van der Waals surface area contributed by atoms with Crippen LogP contribution >= 0.6 is 11.8 Å². The van der Waals surface area contributed by atoms with Crippen LogP contribution in [0.1, 0.15) is 15.9 Å². The average Bonchev–Trinajstić information content (AvgIpc) is 2.84. The van der Waals surface area contributed by atoms with Crippen molar-refractivity contribution in [1.29, 1.82) is 0 Å². The number of hydrogen-bond donors (Lipinski definition) is 0. The normalized spacial score (nSPS) is 10.8. The van der Waals surface area contributed by atoms with Crippen molar-refractivity contribution in [2.24, 2.45) is 0 Å². The molecular weight excluding hydrogens is 424 g/mol. The van der Waals surface area contributed by atoms with Crippen molar-refractivity contribution in [2.75, 3.05) is 20.0 Å². The van der Waals surface area contributed by atoms with Gasteiger partial charge in [-0.05, 0) is 35.9 Å². The smallest absolute Gasteiger partial charge is 0.262 e. The number of ketones is 1. The Balaban J connectivity index is 1.69. The Bertz CT molecular complexity index is 1320. The van der Waals surface area contributed by atoms with E-state index in [0.717, 1.165) is 5.56 Å². The van der Waals surface area contributed by atoms with Gasteiger partial charge < -0.3 is 9.47 Å². The number of thioether (sulfide) groups is 1. The van der Waals surface area contributed by atoms with Crippen LogP contribution in [-0.2, 0) is 6.54 Å². The predicted octanol–water partition coefficient (Wildman–Crippen LogP) is 4.44. The summed E-state index contributed by atoms with van der Waals surface area (Å²) in [5.74, 6) is 1.01. The minimum Gasteiger partial charge on any atom is -0.497 e. The van der Waals surface area contributed by atoms with E-state index in [1.165, 1.54) is 18.9 Å². The van der Waals surface area contributed by atoms with Crippen LogP contribution < -0.4 is 15.0 Å². The van der Waals surface area contributed by atoms with E-state index in [-0.39, 0.29) is 17.1 Å². The van der Waals surface area contributed by atoms with E-state index in [4.69, 9.17) is 14.5 Å². The first-order valence-corrected chi connectivity index (χ1v) is 11.0. The van der Waals surface area contributed by atoms with Crippen molar-refractivity contribution in [1.82, 2.24) is 9.55 Å². The maximum absolute atomic E-state index is 13.2. The second-order valence-corrected chi connectivity index (χ2v) is 8.01. The lowest BCUT2D eigenvalue weighted by Gasteiger charge is -2.14. The molecular formula is C25H22N2O4S. The van der Waals surface area contributed by atoms with Gasteiger partial charge in [-0.2, -0.15) is 0 Å². The fourth-order valence-corrected chi connectivity index (χ4v) is 4.28. The van der Waals surface area contributed by atoms with Crippen molar-refractivity contribution in [2.45, 2.75) is 11.7 Å². The molecule has 0 fully saturated rings. The minimum atomic E-state index is -0.139. The number of Topliss-reactive ketones (excluding diaryl/α,β-unsaturated/α-hetero) is 1. The number of aromatic nitrogens is 2. The summed E-state index contributed by atoms with van der Waals surface area (Å²) in [6.07, 6.45) is 0. The monoisotopic (exact) mass is 446 g/mol. The van der Waals surface area contributed by atoms with Crippen molar-refractivity contribution >= 4 is 28.4 Å². The molecule has 0 radical (unpaired) electrons. The quantitative estimate of drug-likeness (QED) is 0.226. The lowest BCUT2D eigenvalue weighted by atomic mass is 10.1. The molecule has 4 rings (SSSR count). The molecule has 162 valence electrons. The third-order valence-corrected chi connectivity index (χ3v) is 6.03. The summed E-state index contributed by atoms with van der Waals surface area (Å²) in [4.78, 5) is 30.9. The molecule has 0 bridgehead atoms. The summed E-state index contributed by atoms with van der Waals surface area (Å²) in [7, 11) is 3.07. The molecule has 0 aliphatic carbocycles. The molecule has 0 N–H and O–H groups in total. The molecule has 0 atom stereocenters. The zero-order chi connectivity index (χ0) is 22.5. The molecule has 1 aromatic heterocycles. The lowest BCUT2D eigenvalue weighted by molar-refractivity contribution is 0.101. The number of methoxy groups -OCH3 is 2. The summed E-state index contributed by atoms with van der Waals surface area (Å²) >= 11 is 1.24. The zero-order valence-electron chi connectivity index (χ0n) is 17.8. The van der Waals surface area contributed by atoms with E-state index in [1.54, 1.807) is 42.0 Å². The number of hydrogen-bond acceptors (Lipinski definition) is 6. The summed E-state index contributed by atoms with van der Waals surface area (Å²) < 4.78 is 12.2. The molecule has 3 aromatic carbocycles. The van der Waals surface area contributed by atoms with Gasteiger partial charge in [-0.1, -0.05) is 54.2 Å². The van der Waals surface area contributed by atoms with Crippen LogP contribution in [0.4, 0.5) is 0 Å². The minimum absolute atomic E-state index is 0.100. The van der Waals surface area contributed by atoms with E-state index in [0.29, 0.717) is 39.7 Å². The Morgan fingerprint density at radius 1 is 0.969 bits per heavy atom. The third-order valence-electron chi connectivity index (χ3n) is 5.05. The first-order chi connectivity index (χ1) is 15.6. The van der Waals surface area contributed by atoms with Crippen molar-refractivity contribution < 1.29 is 14.3 Å². The molecule has 1 heterocycles. The predicted molar refractivity (Wildman–Crippen MR) is 126 cm³/mol. The van der Waals surface area contributed by atoms with Crippen LogP contribution in [0.3, 0.4) is 0 Å². The fraction of sp³-hybridized carbons (Fsp3) is 0.160. The number of carbonyl (C=O) groups excluding carboxylic acids is 1. The van der Waals surface area contributed by atoms with Gasteiger partial charge >= 0.3 is 0 Å². The number of nitrogens with zero attached hydrogens (tertiary/aromatic N) is 2. The van der Waals surface area contributed by atoms with E-state index >= 15 is 0 Å². The fourth-order valence-electron chi connectivity index (χ4n) is 3.40. The zero-order valence-corrected chi connectivity index (χ0v) is 18.6. The van der Waals surface area contributed by atoms with Gasteiger partial charge in [0.2, 0.25) is 0 Å². The number of para-hydroxylation sites is 1.